The zero-order valence-electron chi connectivity index (χ0n) is 14.1. The average molecular weight is 366 g/mol. The quantitative estimate of drug-likeness (QED) is 0.832. The summed E-state index contributed by atoms with van der Waals surface area (Å²) >= 11 is 0. The minimum atomic E-state index is 0. The lowest BCUT2D eigenvalue weighted by Gasteiger charge is -2.29. The van der Waals surface area contributed by atoms with Crippen molar-refractivity contribution in [3.63, 3.8) is 0 Å². The Morgan fingerprint density at radius 3 is 2.35 bits per heavy atom. The highest BCUT2D eigenvalue weighted by Crippen LogP contribution is 2.28. The fraction of sp³-hybridized carbons (Fsp3) is 0.941. The normalized spacial score (nSPS) is 31.5. The highest BCUT2D eigenvalue weighted by molar-refractivity contribution is 5.85. The molecule has 4 nitrogen and oxygen atoms in total. The fourth-order valence-corrected chi connectivity index (χ4v) is 4.39. The van der Waals surface area contributed by atoms with Crippen LogP contribution in [0.3, 0.4) is 0 Å². The van der Waals surface area contributed by atoms with Gasteiger partial charge in [0.05, 0.1) is 0 Å². The molecule has 1 unspecified atom stereocenters. The lowest BCUT2D eigenvalue weighted by atomic mass is 9.99. The van der Waals surface area contributed by atoms with Crippen LogP contribution in [0.4, 0.5) is 0 Å². The Morgan fingerprint density at radius 1 is 0.957 bits per heavy atom. The molecule has 2 N–H and O–H groups in total. The molecular weight excluding hydrogens is 333 g/mol. The second-order valence-corrected chi connectivity index (χ2v) is 7.41. The van der Waals surface area contributed by atoms with E-state index in [2.05, 4.69) is 9.80 Å². The van der Waals surface area contributed by atoms with E-state index in [4.69, 9.17) is 5.73 Å². The maximum atomic E-state index is 12.4. The predicted octanol–water partition coefficient (Wildman–Crippen LogP) is 2.68. The van der Waals surface area contributed by atoms with Crippen molar-refractivity contribution < 1.29 is 4.79 Å². The molecular formula is C17H33Cl2N3O. The first-order chi connectivity index (χ1) is 10.2. The number of rotatable bonds is 4. The minimum absolute atomic E-state index is 0. The number of hydrogen-bond donors (Lipinski definition) is 1. The van der Waals surface area contributed by atoms with E-state index in [0.717, 1.165) is 25.9 Å². The number of halogens is 2. The maximum absolute atomic E-state index is 12.4. The number of nitrogens with zero attached hydrogens (tertiary/aromatic N) is 2. The molecule has 0 aromatic carbocycles. The van der Waals surface area contributed by atoms with E-state index in [9.17, 15) is 4.79 Å². The van der Waals surface area contributed by atoms with Crippen molar-refractivity contribution in [1.29, 1.82) is 0 Å². The van der Waals surface area contributed by atoms with Crippen molar-refractivity contribution in [3.8, 4) is 0 Å². The summed E-state index contributed by atoms with van der Waals surface area (Å²) in [5, 5.41) is 0. The van der Waals surface area contributed by atoms with Gasteiger partial charge in [-0.25, -0.2) is 0 Å². The smallest absolute Gasteiger partial charge is 0.222 e. The number of likely N-dealkylation sites (tertiary alicyclic amines) is 2. The molecule has 3 fully saturated rings. The molecule has 2 saturated heterocycles. The van der Waals surface area contributed by atoms with Crippen LogP contribution in [0.25, 0.3) is 0 Å². The van der Waals surface area contributed by atoms with Gasteiger partial charge >= 0.3 is 0 Å². The molecule has 3 rings (SSSR count). The summed E-state index contributed by atoms with van der Waals surface area (Å²) in [4.78, 5) is 17.2. The summed E-state index contributed by atoms with van der Waals surface area (Å²) in [6.45, 7) is 5.69. The number of carbonyl (C=O) groups is 1. The van der Waals surface area contributed by atoms with Gasteiger partial charge in [0.1, 0.15) is 0 Å². The highest BCUT2D eigenvalue weighted by Gasteiger charge is 2.32. The summed E-state index contributed by atoms with van der Waals surface area (Å²) < 4.78 is 0. The summed E-state index contributed by atoms with van der Waals surface area (Å²) in [6.07, 6.45) is 9.46. The van der Waals surface area contributed by atoms with Crippen LogP contribution in [0.2, 0.25) is 0 Å². The molecule has 23 heavy (non-hydrogen) atoms. The van der Waals surface area contributed by atoms with Gasteiger partial charge in [-0.2, -0.15) is 0 Å². The zero-order valence-corrected chi connectivity index (χ0v) is 15.8. The Kier molecular flexibility index (Phi) is 9.20. The molecule has 1 aliphatic carbocycles. The Morgan fingerprint density at radius 2 is 1.70 bits per heavy atom. The molecule has 0 aromatic heterocycles. The summed E-state index contributed by atoms with van der Waals surface area (Å²) in [7, 11) is 0. The molecule has 0 bridgehead atoms. The monoisotopic (exact) mass is 365 g/mol. The number of hydrogen-bond acceptors (Lipinski definition) is 3. The van der Waals surface area contributed by atoms with E-state index < -0.39 is 0 Å². The minimum Gasteiger partial charge on any atom is -0.342 e. The zero-order chi connectivity index (χ0) is 14.7. The van der Waals surface area contributed by atoms with Gasteiger partial charge in [-0.3, -0.25) is 4.79 Å². The van der Waals surface area contributed by atoms with E-state index >= 15 is 0 Å². The van der Waals surface area contributed by atoms with Crippen molar-refractivity contribution in [1.82, 2.24) is 9.80 Å². The standard InChI is InChI=1S/C17H31N3O.2ClH/c18-16-6-4-5-15(16)11-17(21)20-10-7-14(13-20)12-19-8-2-1-3-9-19;;/h14-16H,1-13,18H2;2*1H/t14?,15-,16+;;/m0../s1. The van der Waals surface area contributed by atoms with Crippen molar-refractivity contribution in [2.75, 3.05) is 32.7 Å². The van der Waals surface area contributed by atoms with Crippen LogP contribution in [0, 0.1) is 11.8 Å². The first-order valence-electron chi connectivity index (χ1n) is 8.98. The van der Waals surface area contributed by atoms with Gasteiger partial charge in [0.2, 0.25) is 5.91 Å². The van der Waals surface area contributed by atoms with E-state index in [1.165, 1.54) is 51.7 Å². The van der Waals surface area contributed by atoms with Crippen LogP contribution in [-0.4, -0.2) is 54.5 Å². The predicted molar refractivity (Wildman–Crippen MR) is 99.4 cm³/mol. The average Bonchev–Trinajstić information content (AvgIpc) is 3.10. The number of carbonyl (C=O) groups excluding carboxylic acids is 1. The highest BCUT2D eigenvalue weighted by atomic mass is 35.5. The Balaban J connectivity index is 0.00000132. The third kappa shape index (κ3) is 5.77. The topological polar surface area (TPSA) is 49.6 Å². The van der Waals surface area contributed by atoms with Crippen LogP contribution in [0.15, 0.2) is 0 Å². The molecule has 0 aromatic rings. The Bertz CT molecular complexity index is 364. The van der Waals surface area contributed by atoms with Crippen molar-refractivity contribution >= 4 is 30.7 Å². The van der Waals surface area contributed by atoms with E-state index in [1.807, 2.05) is 0 Å². The number of piperidine rings is 1. The SMILES string of the molecule is Cl.Cl.N[C@@H]1CCC[C@H]1CC(=O)N1CCC(CN2CCCCC2)C1. The van der Waals surface area contributed by atoms with E-state index in [0.29, 0.717) is 24.2 Å². The van der Waals surface area contributed by atoms with E-state index in [1.54, 1.807) is 0 Å². The van der Waals surface area contributed by atoms with Gasteiger partial charge in [0.25, 0.3) is 0 Å². The molecule has 1 amide bonds. The van der Waals surface area contributed by atoms with Gasteiger partial charge in [-0.05, 0) is 57.0 Å². The van der Waals surface area contributed by atoms with Crippen LogP contribution in [-0.2, 0) is 4.79 Å². The first kappa shape index (κ1) is 21.0. The second kappa shape index (κ2) is 10.1. The van der Waals surface area contributed by atoms with Crippen LogP contribution in [0.1, 0.15) is 51.4 Å². The molecule has 0 radical (unpaired) electrons. The van der Waals surface area contributed by atoms with Crippen molar-refractivity contribution in [2.45, 2.75) is 57.4 Å². The summed E-state index contributed by atoms with van der Waals surface area (Å²) in [5.41, 5.74) is 6.10. The van der Waals surface area contributed by atoms with Gasteiger partial charge in [-0.15, -0.1) is 24.8 Å². The largest absolute Gasteiger partial charge is 0.342 e. The third-order valence-corrected chi connectivity index (χ3v) is 5.76. The lowest BCUT2D eigenvalue weighted by Crippen LogP contribution is -2.37. The third-order valence-electron chi connectivity index (χ3n) is 5.76. The lowest BCUT2D eigenvalue weighted by molar-refractivity contribution is -0.131. The van der Waals surface area contributed by atoms with Gasteiger partial charge in [-0.1, -0.05) is 12.8 Å². The van der Waals surface area contributed by atoms with Gasteiger partial charge < -0.3 is 15.5 Å². The molecule has 6 heteroatoms. The van der Waals surface area contributed by atoms with Gasteiger partial charge in [0.15, 0.2) is 0 Å². The Labute approximate surface area is 153 Å². The molecule has 3 aliphatic rings. The second-order valence-electron chi connectivity index (χ2n) is 7.41. The molecule has 2 aliphatic heterocycles. The molecule has 3 atom stereocenters. The molecule has 2 heterocycles. The first-order valence-corrected chi connectivity index (χ1v) is 8.98. The fourth-order valence-electron chi connectivity index (χ4n) is 4.39. The van der Waals surface area contributed by atoms with Crippen LogP contribution in [0.5, 0.6) is 0 Å². The van der Waals surface area contributed by atoms with Crippen molar-refractivity contribution in [3.05, 3.63) is 0 Å². The Hall–Kier alpha value is -0.0300. The van der Waals surface area contributed by atoms with Crippen LogP contribution >= 0.6 is 24.8 Å². The van der Waals surface area contributed by atoms with Crippen LogP contribution < -0.4 is 5.73 Å². The van der Waals surface area contributed by atoms with Gasteiger partial charge in [0, 0.05) is 32.1 Å². The number of amides is 1. The maximum Gasteiger partial charge on any atom is 0.222 e. The number of nitrogens with two attached hydrogens (primary N) is 1. The summed E-state index contributed by atoms with van der Waals surface area (Å²) in [5.74, 6) is 1.50. The molecule has 136 valence electrons. The molecule has 0 spiro atoms. The summed E-state index contributed by atoms with van der Waals surface area (Å²) in [6, 6.07) is 0.265. The van der Waals surface area contributed by atoms with E-state index in [-0.39, 0.29) is 30.9 Å². The molecule has 1 saturated carbocycles. The van der Waals surface area contributed by atoms with Crippen molar-refractivity contribution in [2.24, 2.45) is 17.6 Å².